The van der Waals surface area contributed by atoms with E-state index < -0.39 is 0 Å². The van der Waals surface area contributed by atoms with Crippen LogP contribution in [0.25, 0.3) is 54.9 Å². The summed E-state index contributed by atoms with van der Waals surface area (Å²) in [5.41, 5.74) is 19.4. The number of hydrogen-bond acceptors (Lipinski definition) is 2. The molecule has 0 spiro atoms. The molecule has 0 heterocycles. The van der Waals surface area contributed by atoms with Crippen molar-refractivity contribution >= 4 is 33.2 Å². The van der Waals surface area contributed by atoms with Crippen LogP contribution in [0.15, 0.2) is 175 Å². The summed E-state index contributed by atoms with van der Waals surface area (Å²) < 4.78 is 0. The third-order valence-corrected chi connectivity index (χ3v) is 10.9. The van der Waals surface area contributed by atoms with Crippen LogP contribution < -0.4 is 5.73 Å². The molecule has 0 unspecified atom stereocenters. The molecule has 0 bridgehead atoms. The van der Waals surface area contributed by atoms with Gasteiger partial charge in [-0.25, -0.2) is 4.99 Å². The van der Waals surface area contributed by atoms with Gasteiger partial charge in [0.1, 0.15) is 5.84 Å². The van der Waals surface area contributed by atoms with Gasteiger partial charge in [0.25, 0.3) is 0 Å². The largest absolute Gasteiger partial charge is 0.383 e. The second kappa shape index (κ2) is 14.4. The molecule has 264 valence electrons. The molecule has 8 aromatic rings. The fourth-order valence-electron chi connectivity index (χ4n) is 7.96. The van der Waals surface area contributed by atoms with Gasteiger partial charge in [0, 0.05) is 16.5 Å². The Kier molecular flexibility index (Phi) is 9.14. The lowest BCUT2D eigenvalue weighted by atomic mass is 9.81. The standard InChI is InChI=1S/C37H27N.C14H13N3/c1-23-28-8-4-5-9-29(28)30-10-6-7-11-33(30)36(23)26-15-13-25(14-16-26)27-17-19-32-31-18-12-24(22-38)20-34(31)37(2,3)35(32)21-27;15-13(11-7-3-1-4-8-11)17-14(16)12-9-5-2-6-10-12/h4-21H,1-3H3;1-10H,(H3,15,16,17). The zero-order valence-electron chi connectivity index (χ0n) is 31.1. The van der Waals surface area contributed by atoms with Gasteiger partial charge in [-0.15, -0.1) is 0 Å². The topological polar surface area (TPSA) is 86.0 Å². The molecule has 3 N–H and O–H groups in total. The SMILES string of the molecule is Cc1c(-c2ccc(-c3ccc4c(c3)C(C)(C)c3cc(C#N)ccc3-4)cc2)c2ccccc2c2ccccc12.N=C(N=C(N)c1ccccc1)c1ccccc1. The van der Waals surface area contributed by atoms with E-state index in [0.29, 0.717) is 5.84 Å². The van der Waals surface area contributed by atoms with E-state index in [1.54, 1.807) is 0 Å². The monoisotopic (exact) mass is 708 g/mol. The molecule has 0 fully saturated rings. The molecule has 0 aliphatic heterocycles. The number of aryl methyl sites for hydroxylation is 1. The van der Waals surface area contributed by atoms with Crippen molar-refractivity contribution in [1.29, 1.82) is 10.7 Å². The van der Waals surface area contributed by atoms with E-state index in [1.165, 1.54) is 71.6 Å². The van der Waals surface area contributed by atoms with Crippen LogP contribution in [0.1, 0.15) is 47.2 Å². The van der Waals surface area contributed by atoms with Gasteiger partial charge in [-0.3, -0.25) is 5.41 Å². The summed E-state index contributed by atoms with van der Waals surface area (Å²) >= 11 is 0. The Bertz CT molecular complexity index is 2810. The molecular weight excluding hydrogens is 669 g/mol. The molecule has 0 radical (unpaired) electrons. The maximum absolute atomic E-state index is 9.43. The maximum Gasteiger partial charge on any atom is 0.154 e. The molecule has 4 heteroatoms. The zero-order valence-corrected chi connectivity index (χ0v) is 31.1. The van der Waals surface area contributed by atoms with Crippen molar-refractivity contribution in [1.82, 2.24) is 0 Å². The second-order valence-corrected chi connectivity index (χ2v) is 14.5. The molecule has 8 aromatic carbocycles. The van der Waals surface area contributed by atoms with Crippen molar-refractivity contribution in [2.45, 2.75) is 26.2 Å². The summed E-state index contributed by atoms with van der Waals surface area (Å²) in [6, 6.07) is 60.5. The first-order chi connectivity index (χ1) is 26.7. The first-order valence-corrected chi connectivity index (χ1v) is 18.5. The van der Waals surface area contributed by atoms with E-state index in [9.17, 15) is 5.26 Å². The summed E-state index contributed by atoms with van der Waals surface area (Å²) in [6.45, 7) is 6.77. The smallest absolute Gasteiger partial charge is 0.154 e. The van der Waals surface area contributed by atoms with Crippen molar-refractivity contribution in [2.75, 3.05) is 0 Å². The Morgan fingerprint density at radius 3 is 1.69 bits per heavy atom. The summed E-state index contributed by atoms with van der Waals surface area (Å²) in [6.07, 6.45) is 0. The number of benzene rings is 8. The van der Waals surface area contributed by atoms with E-state index in [2.05, 4.69) is 135 Å². The lowest BCUT2D eigenvalue weighted by Gasteiger charge is -2.22. The first-order valence-electron chi connectivity index (χ1n) is 18.5. The average molecular weight is 709 g/mol. The Morgan fingerprint density at radius 1 is 0.564 bits per heavy atom. The fourth-order valence-corrected chi connectivity index (χ4v) is 7.96. The van der Waals surface area contributed by atoms with Crippen molar-refractivity contribution in [2.24, 2.45) is 10.7 Å². The molecule has 55 heavy (non-hydrogen) atoms. The highest BCUT2D eigenvalue weighted by Crippen LogP contribution is 2.50. The Morgan fingerprint density at radius 2 is 1.05 bits per heavy atom. The van der Waals surface area contributed by atoms with Crippen LogP contribution in [0, 0.1) is 23.7 Å². The van der Waals surface area contributed by atoms with Crippen molar-refractivity contribution in [3.8, 4) is 39.4 Å². The molecule has 1 aliphatic carbocycles. The Hall–Kier alpha value is -7.09. The number of hydrogen-bond donors (Lipinski definition) is 2. The molecular formula is C51H40N4. The molecule has 9 rings (SSSR count). The molecule has 0 saturated carbocycles. The van der Waals surface area contributed by atoms with Gasteiger partial charge < -0.3 is 5.73 Å². The Balaban J connectivity index is 0.000000211. The molecule has 0 aromatic heterocycles. The van der Waals surface area contributed by atoms with E-state index >= 15 is 0 Å². The fraction of sp³-hybridized carbons (Fsp3) is 0.0784. The normalized spacial score (nSPS) is 12.7. The summed E-state index contributed by atoms with van der Waals surface area (Å²) in [4.78, 5) is 4.10. The molecule has 4 nitrogen and oxygen atoms in total. The van der Waals surface area contributed by atoms with Crippen molar-refractivity contribution < 1.29 is 0 Å². The highest BCUT2D eigenvalue weighted by Gasteiger charge is 2.35. The first kappa shape index (κ1) is 35.0. The lowest BCUT2D eigenvalue weighted by Crippen LogP contribution is -2.15. The van der Waals surface area contributed by atoms with Gasteiger partial charge in [0.15, 0.2) is 5.84 Å². The van der Waals surface area contributed by atoms with Crippen molar-refractivity contribution in [3.05, 3.63) is 203 Å². The number of nitriles is 1. The summed E-state index contributed by atoms with van der Waals surface area (Å²) in [7, 11) is 0. The number of fused-ring (bicyclic) bond motifs is 6. The van der Waals surface area contributed by atoms with Gasteiger partial charge in [-0.05, 0) is 96.7 Å². The van der Waals surface area contributed by atoms with Crippen LogP contribution in [0.3, 0.4) is 0 Å². The number of rotatable bonds is 4. The van der Waals surface area contributed by atoms with Crippen LogP contribution in [0.5, 0.6) is 0 Å². The van der Waals surface area contributed by atoms with Crippen LogP contribution in [0.2, 0.25) is 0 Å². The molecule has 1 aliphatic rings. The molecule has 0 saturated heterocycles. The minimum Gasteiger partial charge on any atom is -0.383 e. The molecule has 0 amide bonds. The highest BCUT2D eigenvalue weighted by atomic mass is 14.9. The molecule has 0 atom stereocenters. The van der Waals surface area contributed by atoms with Gasteiger partial charge in [0.05, 0.1) is 11.6 Å². The van der Waals surface area contributed by atoms with Gasteiger partial charge >= 0.3 is 0 Å². The maximum atomic E-state index is 9.43. The van der Waals surface area contributed by atoms with Gasteiger partial charge in [0.2, 0.25) is 0 Å². The minimum absolute atomic E-state index is 0.144. The van der Waals surface area contributed by atoms with E-state index in [-0.39, 0.29) is 11.3 Å². The summed E-state index contributed by atoms with van der Waals surface area (Å²) in [5.74, 6) is 0.534. The lowest BCUT2D eigenvalue weighted by molar-refractivity contribution is 0.660. The van der Waals surface area contributed by atoms with E-state index in [0.717, 1.165) is 16.7 Å². The number of nitrogens with zero attached hydrogens (tertiary/aromatic N) is 2. The van der Waals surface area contributed by atoms with Crippen LogP contribution >= 0.6 is 0 Å². The predicted molar refractivity (Wildman–Crippen MR) is 230 cm³/mol. The number of amidine groups is 2. The minimum atomic E-state index is -0.144. The van der Waals surface area contributed by atoms with Gasteiger partial charge in [-0.1, -0.05) is 166 Å². The van der Waals surface area contributed by atoms with Crippen LogP contribution in [-0.4, -0.2) is 11.7 Å². The predicted octanol–water partition coefficient (Wildman–Crippen LogP) is 12.2. The second-order valence-electron chi connectivity index (χ2n) is 14.5. The van der Waals surface area contributed by atoms with Crippen LogP contribution in [0.4, 0.5) is 0 Å². The van der Waals surface area contributed by atoms with Crippen LogP contribution in [-0.2, 0) is 5.41 Å². The summed E-state index contributed by atoms with van der Waals surface area (Å²) in [5, 5.41) is 22.5. The Labute approximate surface area is 322 Å². The number of nitrogens with two attached hydrogens (primary N) is 1. The number of nitrogens with one attached hydrogen (secondary N) is 1. The van der Waals surface area contributed by atoms with Crippen molar-refractivity contribution in [3.63, 3.8) is 0 Å². The third-order valence-electron chi connectivity index (χ3n) is 10.9. The third kappa shape index (κ3) is 6.47. The van der Waals surface area contributed by atoms with E-state index in [4.69, 9.17) is 11.1 Å². The zero-order chi connectivity index (χ0) is 38.1. The average Bonchev–Trinajstić information content (AvgIpc) is 3.46. The van der Waals surface area contributed by atoms with Gasteiger partial charge in [-0.2, -0.15) is 5.26 Å². The number of aliphatic imine (C=N–C) groups is 1. The quantitative estimate of drug-likeness (QED) is 0.108. The highest BCUT2D eigenvalue weighted by molar-refractivity contribution is 6.16. The van der Waals surface area contributed by atoms with E-state index in [1.807, 2.05) is 66.7 Å².